The second kappa shape index (κ2) is 5.75. The molecule has 1 rings (SSSR count). The molecule has 17 heavy (non-hydrogen) atoms. The highest BCUT2D eigenvalue weighted by molar-refractivity contribution is 8.83. The molecule has 0 aromatic rings. The van der Waals surface area contributed by atoms with Crippen molar-refractivity contribution in [3.63, 3.8) is 0 Å². The predicted molar refractivity (Wildman–Crippen MR) is 62.5 cm³/mol. The molecule has 0 bridgehead atoms. The van der Waals surface area contributed by atoms with Crippen LogP contribution in [0.25, 0.3) is 0 Å². The molecule has 0 radical (unpaired) electrons. The van der Waals surface area contributed by atoms with E-state index in [0.29, 0.717) is 0 Å². The second-order valence-corrected chi connectivity index (χ2v) is 7.73. The number of allylic oxidation sites excluding steroid dienone is 2. The molecule has 1 aliphatic rings. The molecule has 5 nitrogen and oxygen atoms in total. The number of nitrogens with zero attached hydrogens (tertiary/aromatic N) is 1. The average molecular weight is 300 g/mol. The van der Waals surface area contributed by atoms with E-state index in [4.69, 9.17) is 0 Å². The van der Waals surface area contributed by atoms with Gasteiger partial charge in [-0.15, -0.1) is 0 Å². The van der Waals surface area contributed by atoms with Crippen LogP contribution < -0.4 is 14.0 Å². The Bertz CT molecular complexity index is 398. The van der Waals surface area contributed by atoms with Crippen LogP contribution in [0.2, 0.25) is 0 Å². The zero-order chi connectivity index (χ0) is 13.2. The maximum absolute atomic E-state index is 10.6. The molecule has 0 saturated carbocycles. The van der Waals surface area contributed by atoms with Crippen LogP contribution in [-0.2, 0) is 3.74 Å². The SMILES string of the molecule is CC1=CSS(O[Cl+3]([O-])([O-])[O-])=C1/C(C)=C/N(C)C. The third kappa shape index (κ3) is 4.63. The first kappa shape index (κ1) is 15.0. The molecule has 8 heteroatoms. The number of halogens is 1. The molecule has 0 aliphatic carbocycles. The molecule has 98 valence electrons. The van der Waals surface area contributed by atoms with Crippen molar-refractivity contribution in [2.24, 2.45) is 0 Å². The van der Waals surface area contributed by atoms with Gasteiger partial charge < -0.3 is 4.90 Å². The van der Waals surface area contributed by atoms with Gasteiger partial charge in [-0.3, -0.25) is 0 Å². The fraction of sp³-hybridized carbons (Fsp3) is 0.444. The average Bonchev–Trinajstić information content (AvgIpc) is 2.42. The third-order valence-electron chi connectivity index (χ3n) is 1.78. The van der Waals surface area contributed by atoms with Gasteiger partial charge in [-0.05, 0) is 41.2 Å². The fourth-order valence-electron chi connectivity index (χ4n) is 1.35. The Labute approximate surface area is 109 Å². The van der Waals surface area contributed by atoms with E-state index in [1.807, 2.05) is 39.0 Å². The van der Waals surface area contributed by atoms with E-state index in [1.54, 1.807) is 5.41 Å². The first-order valence-corrected chi connectivity index (χ1v) is 8.40. The summed E-state index contributed by atoms with van der Waals surface area (Å²) < 4.78 is 36.3. The monoisotopic (exact) mass is 299 g/mol. The number of rotatable bonds is 4. The van der Waals surface area contributed by atoms with Gasteiger partial charge in [0.1, 0.15) is 3.74 Å². The minimum atomic E-state index is -4.40. The van der Waals surface area contributed by atoms with Gasteiger partial charge in [-0.2, -0.15) is 14.0 Å². The molecule has 0 aromatic carbocycles. The lowest BCUT2D eigenvalue weighted by Crippen LogP contribution is -2.60. The number of hydrogen-bond acceptors (Lipinski definition) is 6. The molecule has 0 spiro atoms. The van der Waals surface area contributed by atoms with E-state index in [-0.39, 0.29) is 0 Å². The Hall–Kier alpha value is -0.0200. The van der Waals surface area contributed by atoms with Crippen LogP contribution in [0, 0.1) is 10.2 Å². The molecule has 0 N–H and O–H groups in total. The fourth-order valence-corrected chi connectivity index (χ4v) is 6.05. The van der Waals surface area contributed by atoms with E-state index in [1.165, 1.54) is 10.8 Å². The molecule has 1 unspecified atom stereocenters. The van der Waals surface area contributed by atoms with Crippen molar-refractivity contribution < 1.29 is 28.0 Å². The summed E-state index contributed by atoms with van der Waals surface area (Å²) in [6.45, 7) is 3.72. The van der Waals surface area contributed by atoms with Crippen LogP contribution in [0.15, 0.2) is 22.8 Å². The lowest BCUT2D eigenvalue weighted by molar-refractivity contribution is -1.91. The number of hydrogen-bond donors (Lipinski definition) is 0. The summed E-state index contributed by atoms with van der Waals surface area (Å²) in [4.78, 5) is 2.61. The Morgan fingerprint density at radius 3 is 2.53 bits per heavy atom. The first-order chi connectivity index (χ1) is 7.70. The Kier molecular flexibility index (Phi) is 5.08. The quantitative estimate of drug-likeness (QED) is 0.387. The standard InChI is InChI=1S/C9H14ClNO4S2/c1-7(5-11(3)4)9-8(2)6-16-17(9)15-10(12,13)14/h5-6H,1-4H3/b7-5+. The molecule has 0 fully saturated rings. The van der Waals surface area contributed by atoms with E-state index in [2.05, 4.69) is 3.74 Å². The van der Waals surface area contributed by atoms with Gasteiger partial charge in [-0.25, -0.2) is 0 Å². The van der Waals surface area contributed by atoms with Crippen molar-refractivity contribution in [3.05, 3.63) is 22.8 Å². The normalized spacial score (nSPS) is 21.8. The smallest absolute Gasteiger partial charge is 0.179 e. The zero-order valence-electron chi connectivity index (χ0n) is 9.93. The zero-order valence-corrected chi connectivity index (χ0v) is 12.3. The molecular formula is C9H14ClNO4S2. The summed E-state index contributed by atoms with van der Waals surface area (Å²) in [5.74, 6) is 0. The molecule has 1 heterocycles. The lowest BCUT2D eigenvalue weighted by atomic mass is 10.1. The summed E-state index contributed by atoms with van der Waals surface area (Å²) in [6.07, 6.45) is 1.86. The van der Waals surface area contributed by atoms with Crippen LogP contribution in [0.4, 0.5) is 0 Å². The minimum Gasteiger partial charge on any atom is -0.383 e. The molecule has 1 aliphatic heterocycles. The summed E-state index contributed by atoms with van der Waals surface area (Å²) in [5.41, 5.74) is 1.81. The van der Waals surface area contributed by atoms with Gasteiger partial charge in [0.05, 0.1) is 15.1 Å². The van der Waals surface area contributed by atoms with Crippen molar-refractivity contribution >= 4 is 25.5 Å². The minimum absolute atomic E-state index is 0.760. The van der Waals surface area contributed by atoms with Gasteiger partial charge in [0.15, 0.2) is 9.80 Å². The molecule has 0 amide bonds. The van der Waals surface area contributed by atoms with Crippen LogP contribution in [0.5, 0.6) is 0 Å². The Morgan fingerprint density at radius 2 is 2.06 bits per heavy atom. The van der Waals surface area contributed by atoms with Crippen LogP contribution in [-0.4, -0.2) is 23.9 Å². The van der Waals surface area contributed by atoms with Crippen LogP contribution in [0.1, 0.15) is 13.8 Å². The van der Waals surface area contributed by atoms with E-state index in [9.17, 15) is 14.0 Å². The Morgan fingerprint density at radius 1 is 1.47 bits per heavy atom. The van der Waals surface area contributed by atoms with Gasteiger partial charge in [0.25, 0.3) is 0 Å². The summed E-state index contributed by atoms with van der Waals surface area (Å²) in [6, 6.07) is 0. The maximum atomic E-state index is 10.6. The topological polar surface area (TPSA) is 81.6 Å². The summed E-state index contributed by atoms with van der Waals surface area (Å²) >= 11 is 0. The van der Waals surface area contributed by atoms with Gasteiger partial charge >= 0.3 is 0 Å². The Balaban J connectivity index is 3.04. The molecular weight excluding hydrogens is 286 g/mol. The van der Waals surface area contributed by atoms with Crippen LogP contribution in [0.3, 0.4) is 0 Å². The highest BCUT2D eigenvalue weighted by atomic mass is 35.7. The van der Waals surface area contributed by atoms with Crippen molar-refractivity contribution in [1.82, 2.24) is 4.90 Å². The summed E-state index contributed by atoms with van der Waals surface area (Å²) in [5, 5.41) is 1.80. The van der Waals surface area contributed by atoms with Crippen LogP contribution >= 0.6 is 20.6 Å². The van der Waals surface area contributed by atoms with E-state index < -0.39 is 20.0 Å². The predicted octanol–water partition coefficient (Wildman–Crippen LogP) is -0.712. The van der Waals surface area contributed by atoms with Gasteiger partial charge in [-0.1, -0.05) is 0 Å². The second-order valence-electron chi connectivity index (χ2n) is 3.68. The van der Waals surface area contributed by atoms with Crippen molar-refractivity contribution in [2.45, 2.75) is 13.8 Å². The largest absolute Gasteiger partial charge is 0.383 e. The molecule has 0 saturated heterocycles. The van der Waals surface area contributed by atoms with Crippen molar-refractivity contribution in [2.75, 3.05) is 14.1 Å². The van der Waals surface area contributed by atoms with Gasteiger partial charge in [0, 0.05) is 20.3 Å². The highest BCUT2D eigenvalue weighted by Crippen LogP contribution is 2.45. The first-order valence-electron chi connectivity index (χ1n) is 4.62. The third-order valence-corrected chi connectivity index (χ3v) is 6.23. The highest BCUT2D eigenvalue weighted by Gasteiger charge is 2.30. The van der Waals surface area contributed by atoms with Crippen molar-refractivity contribution in [3.8, 4) is 0 Å². The lowest BCUT2D eigenvalue weighted by Gasteiger charge is -2.14. The van der Waals surface area contributed by atoms with Gasteiger partial charge in [0.2, 0.25) is 0 Å². The molecule has 0 aromatic heterocycles. The van der Waals surface area contributed by atoms with E-state index >= 15 is 0 Å². The van der Waals surface area contributed by atoms with E-state index in [0.717, 1.165) is 16.0 Å². The summed E-state index contributed by atoms with van der Waals surface area (Å²) in [7, 11) is -0.543. The molecule has 1 atom stereocenters. The maximum Gasteiger partial charge on any atom is 0.179 e. The van der Waals surface area contributed by atoms with Crippen molar-refractivity contribution in [1.29, 1.82) is 0 Å².